The highest BCUT2D eigenvalue weighted by Crippen LogP contribution is 2.35. The number of imide groups is 1. The Morgan fingerprint density at radius 3 is 2.15 bits per heavy atom. The lowest BCUT2D eigenvalue weighted by Gasteiger charge is -2.17. The number of benzene rings is 3. The van der Waals surface area contributed by atoms with Crippen LogP contribution in [0.3, 0.4) is 0 Å². The number of aryl methyl sites for hydroxylation is 1. The summed E-state index contributed by atoms with van der Waals surface area (Å²) >= 11 is 0. The Hall–Kier alpha value is -4.33. The summed E-state index contributed by atoms with van der Waals surface area (Å²) in [5.74, 6) is -3.56. The van der Waals surface area contributed by atoms with Gasteiger partial charge in [-0.2, -0.15) is 0 Å². The van der Waals surface area contributed by atoms with E-state index in [4.69, 9.17) is 0 Å². The number of carbonyl (C=O) groups is 3. The number of carbonyl (C=O) groups excluding carboxylic acids is 3. The lowest BCUT2D eigenvalue weighted by molar-refractivity contribution is -0.120. The number of hydrogen-bond acceptors (Lipinski definition) is 4. The molecule has 2 N–H and O–H groups in total. The normalized spacial score (nSPS) is 13.5. The summed E-state index contributed by atoms with van der Waals surface area (Å²) in [5.41, 5.74) is 2.20. The van der Waals surface area contributed by atoms with Gasteiger partial charge in [0, 0.05) is 24.4 Å². The molecule has 1 heterocycles. The molecule has 0 saturated heterocycles. The Bertz CT molecular complexity index is 1320. The van der Waals surface area contributed by atoms with E-state index < -0.39 is 23.4 Å². The van der Waals surface area contributed by atoms with Gasteiger partial charge in [-0.3, -0.25) is 14.4 Å². The summed E-state index contributed by atoms with van der Waals surface area (Å²) in [4.78, 5) is 39.2. The van der Waals surface area contributed by atoms with E-state index in [2.05, 4.69) is 10.6 Å². The lowest BCUT2D eigenvalue weighted by atomic mass is 10.0. The Morgan fingerprint density at radius 2 is 1.52 bits per heavy atom. The second kappa shape index (κ2) is 8.66. The van der Waals surface area contributed by atoms with Gasteiger partial charge in [-0.05, 0) is 48.4 Å². The maximum atomic E-state index is 13.8. The van der Waals surface area contributed by atoms with E-state index in [9.17, 15) is 23.2 Å². The van der Waals surface area contributed by atoms with Gasteiger partial charge in [0.1, 0.15) is 5.70 Å². The molecule has 3 aromatic rings. The van der Waals surface area contributed by atoms with Crippen LogP contribution in [0, 0.1) is 18.6 Å². The van der Waals surface area contributed by atoms with Gasteiger partial charge in [0.25, 0.3) is 11.8 Å². The molecule has 1 aliphatic heterocycles. The number of amides is 3. The third-order valence-electron chi connectivity index (χ3n) is 5.12. The van der Waals surface area contributed by atoms with Gasteiger partial charge in [-0.25, -0.2) is 13.7 Å². The fourth-order valence-corrected chi connectivity index (χ4v) is 3.59. The molecule has 0 spiro atoms. The van der Waals surface area contributed by atoms with Gasteiger partial charge in [-0.1, -0.05) is 30.3 Å². The van der Waals surface area contributed by atoms with Crippen molar-refractivity contribution in [2.24, 2.45) is 0 Å². The zero-order valence-electron chi connectivity index (χ0n) is 17.8. The second-order valence-electron chi connectivity index (χ2n) is 7.49. The van der Waals surface area contributed by atoms with Crippen molar-refractivity contribution in [1.29, 1.82) is 0 Å². The van der Waals surface area contributed by atoms with Crippen molar-refractivity contribution < 1.29 is 23.2 Å². The van der Waals surface area contributed by atoms with Crippen LogP contribution in [0.1, 0.15) is 18.1 Å². The van der Waals surface area contributed by atoms with Crippen LogP contribution in [-0.2, 0) is 14.4 Å². The highest BCUT2D eigenvalue weighted by Gasteiger charge is 2.40. The van der Waals surface area contributed by atoms with Crippen LogP contribution in [0.2, 0.25) is 0 Å². The summed E-state index contributed by atoms with van der Waals surface area (Å²) in [6.07, 6.45) is 0. The Labute approximate surface area is 188 Å². The van der Waals surface area contributed by atoms with Gasteiger partial charge in [0.2, 0.25) is 5.91 Å². The van der Waals surface area contributed by atoms with Crippen LogP contribution in [0.25, 0.3) is 5.57 Å². The summed E-state index contributed by atoms with van der Waals surface area (Å²) in [6, 6.07) is 16.5. The quantitative estimate of drug-likeness (QED) is 0.559. The minimum Gasteiger partial charge on any atom is -0.350 e. The lowest BCUT2D eigenvalue weighted by Crippen LogP contribution is -2.33. The van der Waals surface area contributed by atoms with E-state index in [0.717, 1.165) is 17.0 Å². The van der Waals surface area contributed by atoms with E-state index in [0.29, 0.717) is 22.5 Å². The average Bonchev–Trinajstić information content (AvgIpc) is 3.01. The summed E-state index contributed by atoms with van der Waals surface area (Å²) < 4.78 is 27.1. The summed E-state index contributed by atoms with van der Waals surface area (Å²) in [6.45, 7) is 3.15. The molecule has 33 heavy (non-hydrogen) atoms. The van der Waals surface area contributed by atoms with Crippen molar-refractivity contribution in [3.8, 4) is 0 Å². The largest absolute Gasteiger partial charge is 0.350 e. The number of hydrogen-bond donors (Lipinski definition) is 2. The van der Waals surface area contributed by atoms with Crippen molar-refractivity contribution >= 4 is 40.4 Å². The summed E-state index contributed by atoms with van der Waals surface area (Å²) in [7, 11) is 0. The minimum atomic E-state index is -1.09. The molecule has 1 aliphatic rings. The van der Waals surface area contributed by atoms with Crippen molar-refractivity contribution in [3.05, 3.63) is 95.2 Å². The van der Waals surface area contributed by atoms with Crippen LogP contribution in [0.15, 0.2) is 72.4 Å². The first-order valence-corrected chi connectivity index (χ1v) is 10.0. The molecule has 0 bridgehead atoms. The molecular formula is C25H19F2N3O3. The highest BCUT2D eigenvalue weighted by atomic mass is 19.2. The number of rotatable bonds is 5. The summed E-state index contributed by atoms with van der Waals surface area (Å²) in [5, 5.41) is 5.43. The van der Waals surface area contributed by atoms with Crippen molar-refractivity contribution in [1.82, 2.24) is 0 Å². The third kappa shape index (κ3) is 4.23. The van der Waals surface area contributed by atoms with E-state index in [1.54, 1.807) is 55.5 Å². The smallest absolute Gasteiger partial charge is 0.282 e. The zero-order valence-corrected chi connectivity index (χ0v) is 17.8. The van der Waals surface area contributed by atoms with Crippen LogP contribution in [0.4, 0.5) is 25.8 Å². The molecule has 0 unspecified atom stereocenters. The van der Waals surface area contributed by atoms with E-state index in [1.165, 1.54) is 13.0 Å². The molecule has 3 aromatic carbocycles. The maximum Gasteiger partial charge on any atom is 0.282 e. The fourth-order valence-electron chi connectivity index (χ4n) is 3.59. The topological polar surface area (TPSA) is 78.5 Å². The van der Waals surface area contributed by atoms with Crippen LogP contribution >= 0.6 is 0 Å². The Kier molecular flexibility index (Phi) is 5.74. The van der Waals surface area contributed by atoms with E-state index in [1.807, 2.05) is 0 Å². The van der Waals surface area contributed by atoms with Crippen molar-refractivity contribution in [3.63, 3.8) is 0 Å². The number of anilines is 3. The molecule has 3 amide bonds. The van der Waals surface area contributed by atoms with Crippen LogP contribution in [0.5, 0.6) is 0 Å². The van der Waals surface area contributed by atoms with Gasteiger partial charge in [0.15, 0.2) is 11.6 Å². The first kappa shape index (κ1) is 21.9. The number of halogens is 2. The maximum absolute atomic E-state index is 13.8. The molecule has 0 saturated carbocycles. The van der Waals surface area contributed by atoms with Crippen LogP contribution in [-0.4, -0.2) is 17.7 Å². The van der Waals surface area contributed by atoms with E-state index >= 15 is 0 Å². The molecule has 0 aromatic heterocycles. The Morgan fingerprint density at radius 1 is 0.848 bits per heavy atom. The number of nitrogens with one attached hydrogen (secondary N) is 2. The second-order valence-corrected chi connectivity index (χ2v) is 7.49. The number of nitrogens with zero attached hydrogens (tertiary/aromatic N) is 1. The molecule has 4 rings (SSSR count). The predicted molar refractivity (Wildman–Crippen MR) is 121 cm³/mol. The van der Waals surface area contributed by atoms with Crippen LogP contribution < -0.4 is 15.5 Å². The molecular weight excluding hydrogens is 428 g/mol. The first-order valence-electron chi connectivity index (χ1n) is 10.0. The third-order valence-corrected chi connectivity index (χ3v) is 5.12. The molecule has 0 atom stereocenters. The average molecular weight is 447 g/mol. The molecule has 0 fully saturated rings. The molecule has 6 nitrogen and oxygen atoms in total. The molecule has 8 heteroatoms. The zero-order chi connectivity index (χ0) is 23.7. The standard InChI is InChI=1S/C25H19F2N3O3/c1-14-5-3-4-6-21(14)30-24(32)22(16-7-9-17(10-8-16)28-15(2)31)23(25(30)33)29-18-11-12-19(26)20(27)13-18/h3-13,29H,1-2H3,(H,28,31). The molecule has 0 aliphatic carbocycles. The number of para-hydroxylation sites is 1. The molecule has 0 radical (unpaired) electrons. The monoisotopic (exact) mass is 447 g/mol. The minimum absolute atomic E-state index is 0.0680. The highest BCUT2D eigenvalue weighted by molar-refractivity contribution is 6.46. The first-order chi connectivity index (χ1) is 15.8. The SMILES string of the molecule is CC(=O)Nc1ccc(C2=C(Nc3ccc(F)c(F)c3)C(=O)N(c3ccccc3C)C2=O)cc1. The predicted octanol–water partition coefficient (Wildman–Crippen LogP) is 4.63. The molecule has 166 valence electrons. The van der Waals surface area contributed by atoms with Gasteiger partial charge < -0.3 is 10.6 Å². The van der Waals surface area contributed by atoms with Gasteiger partial charge in [-0.15, -0.1) is 0 Å². The Balaban J connectivity index is 1.81. The van der Waals surface area contributed by atoms with E-state index in [-0.39, 0.29) is 22.9 Å². The van der Waals surface area contributed by atoms with Crippen molar-refractivity contribution in [2.45, 2.75) is 13.8 Å². The van der Waals surface area contributed by atoms with Gasteiger partial charge in [0.05, 0.1) is 11.3 Å². The fraction of sp³-hybridized carbons (Fsp3) is 0.0800. The van der Waals surface area contributed by atoms with Crippen molar-refractivity contribution in [2.75, 3.05) is 15.5 Å². The van der Waals surface area contributed by atoms with Gasteiger partial charge >= 0.3 is 0 Å².